The minimum atomic E-state index is -0.0299. The van der Waals surface area contributed by atoms with Crippen molar-refractivity contribution in [2.45, 2.75) is 17.1 Å². The minimum Gasteiger partial charge on any atom is -0.310 e. The van der Waals surface area contributed by atoms with Gasteiger partial charge in [0.2, 0.25) is 5.91 Å². The maximum Gasteiger partial charge on any atom is 0.235 e. The number of thioether (sulfide) groups is 2. The third kappa shape index (κ3) is 3.49. The fraction of sp³-hybridized carbons (Fsp3) is 0.200. The predicted molar refractivity (Wildman–Crippen MR) is 114 cm³/mol. The molecule has 4 rings (SSSR count). The highest BCUT2D eigenvalue weighted by atomic mass is 35.5. The highest BCUT2D eigenvalue weighted by Crippen LogP contribution is 2.44. The van der Waals surface area contributed by atoms with Crippen LogP contribution in [0.1, 0.15) is 22.1 Å². The van der Waals surface area contributed by atoms with E-state index in [2.05, 4.69) is 35.8 Å². The molecule has 2 heterocycles. The Morgan fingerprint density at radius 1 is 1.22 bits per heavy atom. The number of fused-ring (bicyclic) bond motifs is 1. The van der Waals surface area contributed by atoms with Crippen LogP contribution < -0.4 is 5.32 Å². The van der Waals surface area contributed by atoms with E-state index in [1.807, 2.05) is 31.2 Å². The van der Waals surface area contributed by atoms with E-state index in [4.69, 9.17) is 16.7 Å². The van der Waals surface area contributed by atoms with E-state index >= 15 is 0 Å². The molecule has 3 aromatic rings. The number of hydrogen-bond donors (Lipinski definition) is 1. The first-order valence-corrected chi connectivity index (χ1v) is 11.1. The second-order valence-electron chi connectivity index (χ2n) is 6.22. The van der Waals surface area contributed by atoms with Gasteiger partial charge in [-0.3, -0.25) is 4.79 Å². The van der Waals surface area contributed by atoms with Crippen molar-refractivity contribution in [2.24, 2.45) is 0 Å². The predicted octanol–water partition coefficient (Wildman–Crippen LogP) is 5.33. The number of aromatic nitrogens is 2. The molecule has 7 heteroatoms. The van der Waals surface area contributed by atoms with Crippen molar-refractivity contribution in [3.8, 4) is 5.69 Å². The van der Waals surface area contributed by atoms with Crippen LogP contribution in [-0.2, 0) is 4.79 Å². The molecule has 1 amide bonds. The first-order valence-electron chi connectivity index (χ1n) is 8.48. The highest BCUT2D eigenvalue weighted by molar-refractivity contribution is 8.00. The molecule has 0 unspecified atom stereocenters. The average Bonchev–Trinajstić information content (AvgIpc) is 2.88. The van der Waals surface area contributed by atoms with Gasteiger partial charge in [0.05, 0.1) is 27.4 Å². The summed E-state index contributed by atoms with van der Waals surface area (Å²) in [6, 6.07) is 16.0. The summed E-state index contributed by atoms with van der Waals surface area (Å²) in [6.07, 6.45) is 2.06. The lowest BCUT2D eigenvalue weighted by molar-refractivity contribution is -0.113. The zero-order valence-electron chi connectivity index (χ0n) is 14.9. The Kier molecular flexibility index (Phi) is 5.21. The summed E-state index contributed by atoms with van der Waals surface area (Å²) < 4.78 is 1.75. The number of anilines is 1. The lowest BCUT2D eigenvalue weighted by Gasteiger charge is -2.16. The second kappa shape index (κ2) is 7.62. The Hall–Kier alpha value is -1.89. The molecule has 0 bridgehead atoms. The molecule has 0 fully saturated rings. The van der Waals surface area contributed by atoms with Crippen LogP contribution in [0, 0.1) is 6.92 Å². The normalized spacial score (nSPS) is 16.6. The van der Waals surface area contributed by atoms with E-state index in [1.165, 1.54) is 4.90 Å². The lowest BCUT2D eigenvalue weighted by atomic mass is 10.0. The van der Waals surface area contributed by atoms with E-state index in [0.717, 1.165) is 22.5 Å². The topological polar surface area (TPSA) is 46.9 Å². The van der Waals surface area contributed by atoms with Gasteiger partial charge in [-0.2, -0.15) is 5.10 Å². The van der Waals surface area contributed by atoms with E-state index in [0.29, 0.717) is 16.6 Å². The van der Waals surface area contributed by atoms with Crippen molar-refractivity contribution >= 4 is 46.8 Å². The summed E-state index contributed by atoms with van der Waals surface area (Å²) in [4.78, 5) is 13.6. The van der Waals surface area contributed by atoms with Gasteiger partial charge in [-0.15, -0.1) is 23.5 Å². The average molecular weight is 416 g/mol. The maximum absolute atomic E-state index is 12.4. The molecular formula is C20H18ClN3OS2. The van der Waals surface area contributed by atoms with Crippen molar-refractivity contribution < 1.29 is 4.79 Å². The highest BCUT2D eigenvalue weighted by Gasteiger charge is 2.30. The summed E-state index contributed by atoms with van der Waals surface area (Å²) in [6.45, 7) is 1.98. The van der Waals surface area contributed by atoms with Crippen LogP contribution in [0.2, 0.25) is 5.02 Å². The standard InChI is InChI=1S/C20H18ClN3OS2/c1-12-18-19(13-7-9-14(26-2)10-8-13)27-11-17(25)22-20(18)24(23-12)16-6-4-3-5-15(16)21/h3-10,19H,11H2,1-2H3,(H,22,25)/t19-/m1/s1. The number of para-hydroxylation sites is 1. The van der Waals surface area contributed by atoms with Crippen molar-refractivity contribution in [3.63, 3.8) is 0 Å². The molecule has 0 aliphatic carbocycles. The molecular weight excluding hydrogens is 398 g/mol. The van der Waals surface area contributed by atoms with Gasteiger partial charge in [-0.25, -0.2) is 4.68 Å². The third-order valence-corrected chi connectivity index (χ3v) is 6.84. The number of amides is 1. The fourth-order valence-electron chi connectivity index (χ4n) is 3.22. The van der Waals surface area contributed by atoms with Gasteiger partial charge < -0.3 is 5.32 Å². The summed E-state index contributed by atoms with van der Waals surface area (Å²) in [7, 11) is 0. The molecule has 1 aliphatic heterocycles. The maximum atomic E-state index is 12.4. The summed E-state index contributed by atoms with van der Waals surface area (Å²) in [5.41, 5.74) is 3.84. The van der Waals surface area contributed by atoms with Gasteiger partial charge in [0.15, 0.2) is 0 Å². The number of carbonyl (C=O) groups is 1. The second-order valence-corrected chi connectivity index (χ2v) is 8.60. The smallest absolute Gasteiger partial charge is 0.235 e. The molecule has 4 nitrogen and oxygen atoms in total. The number of benzene rings is 2. The Morgan fingerprint density at radius 2 is 1.96 bits per heavy atom. The van der Waals surface area contributed by atoms with E-state index in [9.17, 15) is 4.79 Å². The Balaban J connectivity index is 1.87. The van der Waals surface area contributed by atoms with Crippen LogP contribution in [-0.4, -0.2) is 27.7 Å². The van der Waals surface area contributed by atoms with Crippen LogP contribution in [0.15, 0.2) is 53.4 Å². The van der Waals surface area contributed by atoms with Crippen molar-refractivity contribution in [1.82, 2.24) is 9.78 Å². The first-order chi connectivity index (χ1) is 13.1. The van der Waals surface area contributed by atoms with Crippen LogP contribution in [0.4, 0.5) is 5.82 Å². The van der Waals surface area contributed by atoms with Crippen molar-refractivity contribution in [2.75, 3.05) is 17.3 Å². The van der Waals surface area contributed by atoms with Gasteiger partial charge >= 0.3 is 0 Å². The van der Waals surface area contributed by atoms with Crippen LogP contribution >= 0.6 is 35.1 Å². The quantitative estimate of drug-likeness (QED) is 0.587. The number of rotatable bonds is 3. The third-order valence-electron chi connectivity index (χ3n) is 4.51. The van der Waals surface area contributed by atoms with Crippen molar-refractivity contribution in [3.05, 3.63) is 70.4 Å². The lowest BCUT2D eigenvalue weighted by Crippen LogP contribution is -2.16. The molecule has 2 aromatic carbocycles. The first kappa shape index (κ1) is 18.5. The van der Waals surface area contributed by atoms with Crippen LogP contribution in [0.5, 0.6) is 0 Å². The number of hydrogen-bond acceptors (Lipinski definition) is 4. The zero-order valence-corrected chi connectivity index (χ0v) is 17.3. The van der Waals surface area contributed by atoms with E-state index in [-0.39, 0.29) is 11.2 Å². The molecule has 27 heavy (non-hydrogen) atoms. The Morgan fingerprint density at radius 3 is 2.67 bits per heavy atom. The van der Waals surface area contributed by atoms with Crippen molar-refractivity contribution in [1.29, 1.82) is 0 Å². The molecule has 138 valence electrons. The van der Waals surface area contributed by atoms with Gasteiger partial charge in [0.1, 0.15) is 5.82 Å². The molecule has 0 saturated heterocycles. The van der Waals surface area contributed by atoms with Gasteiger partial charge in [0, 0.05) is 10.5 Å². The largest absolute Gasteiger partial charge is 0.310 e. The molecule has 1 aromatic heterocycles. The number of halogens is 1. The van der Waals surface area contributed by atoms with Gasteiger partial charge in [0.25, 0.3) is 0 Å². The van der Waals surface area contributed by atoms with Crippen LogP contribution in [0.3, 0.4) is 0 Å². The molecule has 1 N–H and O–H groups in total. The number of nitrogens with one attached hydrogen (secondary N) is 1. The molecule has 0 radical (unpaired) electrons. The number of nitrogens with zero attached hydrogens (tertiary/aromatic N) is 2. The van der Waals surface area contributed by atoms with Gasteiger partial charge in [-0.05, 0) is 43.0 Å². The summed E-state index contributed by atoms with van der Waals surface area (Å²) >= 11 is 9.73. The number of aryl methyl sites for hydroxylation is 1. The Bertz CT molecular complexity index is 1000. The monoisotopic (exact) mass is 415 g/mol. The van der Waals surface area contributed by atoms with E-state index < -0.39 is 0 Å². The minimum absolute atomic E-state index is 0.0299. The summed E-state index contributed by atoms with van der Waals surface area (Å²) in [5, 5.41) is 8.37. The van der Waals surface area contributed by atoms with Crippen LogP contribution in [0.25, 0.3) is 5.69 Å². The van der Waals surface area contributed by atoms with E-state index in [1.54, 1.807) is 28.2 Å². The molecule has 1 atom stereocenters. The SMILES string of the molecule is CSc1ccc([C@H]2SCC(=O)Nc3c2c(C)nn3-c2ccccc2Cl)cc1. The fourth-order valence-corrected chi connectivity index (χ4v) is 5.04. The zero-order chi connectivity index (χ0) is 19.0. The molecule has 0 spiro atoms. The molecule has 0 saturated carbocycles. The Labute approximate surface area is 171 Å². The molecule has 1 aliphatic rings. The van der Waals surface area contributed by atoms with Gasteiger partial charge in [-0.1, -0.05) is 35.9 Å². The summed E-state index contributed by atoms with van der Waals surface area (Å²) in [5.74, 6) is 1.07. The number of carbonyl (C=O) groups excluding carboxylic acids is 1.